The lowest BCUT2D eigenvalue weighted by atomic mass is 9.84. The Morgan fingerprint density at radius 1 is 1.30 bits per heavy atom. The maximum Gasteiger partial charge on any atom is 0.404 e. The van der Waals surface area contributed by atoms with Gasteiger partial charge in [-0.25, -0.2) is 0 Å². The maximum absolute atomic E-state index is 13.3. The van der Waals surface area contributed by atoms with Gasteiger partial charge in [-0.05, 0) is 25.8 Å². The molecule has 2 rings (SSSR count). The molecule has 116 valence electrons. The summed E-state index contributed by atoms with van der Waals surface area (Å²) in [6, 6.07) is 0. The molecule has 1 aliphatic carbocycles. The molecule has 1 unspecified atom stereocenters. The summed E-state index contributed by atoms with van der Waals surface area (Å²) >= 11 is 0. The summed E-state index contributed by atoms with van der Waals surface area (Å²) in [5, 5.41) is 12.9. The molecule has 0 aromatic rings. The van der Waals surface area contributed by atoms with E-state index >= 15 is 0 Å². The molecule has 2 aliphatic rings. The highest BCUT2D eigenvalue weighted by Gasteiger charge is 2.62. The first-order valence-corrected chi connectivity index (χ1v) is 6.96. The second-order valence-corrected chi connectivity index (χ2v) is 6.10. The average molecular weight is 294 g/mol. The summed E-state index contributed by atoms with van der Waals surface area (Å²) < 4.78 is 39.9. The first-order chi connectivity index (χ1) is 9.20. The molecular weight excluding hydrogens is 273 g/mol. The van der Waals surface area contributed by atoms with Crippen LogP contribution >= 0.6 is 0 Å². The number of nitrogens with zero attached hydrogens (tertiary/aromatic N) is 1. The Bertz CT molecular complexity index is 372. The topological polar surface area (TPSA) is 52.6 Å². The smallest absolute Gasteiger partial charge is 0.388 e. The number of amides is 1. The molecule has 0 aromatic carbocycles. The number of hydrogen-bond acceptors (Lipinski definition) is 3. The van der Waals surface area contributed by atoms with Crippen molar-refractivity contribution in [1.29, 1.82) is 0 Å². The van der Waals surface area contributed by atoms with Crippen LogP contribution in [0.1, 0.15) is 32.1 Å². The molecule has 1 aliphatic heterocycles. The summed E-state index contributed by atoms with van der Waals surface area (Å²) in [6.45, 7) is -0.217. The molecule has 1 saturated carbocycles. The number of rotatable bonds is 3. The lowest BCUT2D eigenvalue weighted by Crippen LogP contribution is -2.55. The maximum atomic E-state index is 13.3. The predicted molar refractivity (Wildman–Crippen MR) is 67.0 cm³/mol. The van der Waals surface area contributed by atoms with Crippen LogP contribution in [-0.4, -0.2) is 54.4 Å². The largest absolute Gasteiger partial charge is 0.404 e. The van der Waals surface area contributed by atoms with E-state index in [0.717, 1.165) is 17.7 Å². The van der Waals surface area contributed by atoms with Crippen LogP contribution in [0.4, 0.5) is 13.2 Å². The predicted octanol–water partition coefficient (Wildman–Crippen LogP) is 1.29. The Labute approximate surface area is 116 Å². The van der Waals surface area contributed by atoms with Crippen LogP contribution < -0.4 is 5.32 Å². The third kappa shape index (κ3) is 2.65. The van der Waals surface area contributed by atoms with Crippen molar-refractivity contribution in [3.8, 4) is 0 Å². The van der Waals surface area contributed by atoms with Crippen LogP contribution in [0.3, 0.4) is 0 Å². The van der Waals surface area contributed by atoms with Crippen molar-refractivity contribution in [2.45, 2.75) is 43.9 Å². The molecule has 0 radical (unpaired) electrons. The highest BCUT2D eigenvalue weighted by atomic mass is 19.4. The van der Waals surface area contributed by atoms with Gasteiger partial charge in [-0.2, -0.15) is 13.2 Å². The van der Waals surface area contributed by atoms with Crippen LogP contribution in [-0.2, 0) is 4.79 Å². The van der Waals surface area contributed by atoms with Gasteiger partial charge in [0.1, 0.15) is 0 Å². The number of carbonyl (C=O) groups excluding carboxylic acids is 1. The second-order valence-electron chi connectivity index (χ2n) is 6.10. The monoisotopic (exact) mass is 294 g/mol. The van der Waals surface area contributed by atoms with Crippen LogP contribution in [0.5, 0.6) is 0 Å². The molecule has 0 bridgehead atoms. The molecule has 2 fully saturated rings. The molecular formula is C13H21F3N2O2. The fourth-order valence-corrected chi connectivity index (χ4v) is 3.31. The first kappa shape index (κ1) is 15.6. The molecule has 1 saturated heterocycles. The van der Waals surface area contributed by atoms with Gasteiger partial charge in [-0.15, -0.1) is 0 Å². The third-order valence-electron chi connectivity index (χ3n) is 4.52. The fraction of sp³-hybridized carbons (Fsp3) is 0.923. The minimum Gasteiger partial charge on any atom is -0.388 e. The first-order valence-electron chi connectivity index (χ1n) is 6.96. The van der Waals surface area contributed by atoms with E-state index in [1.807, 2.05) is 0 Å². The Morgan fingerprint density at radius 2 is 1.90 bits per heavy atom. The number of hydrogen-bond donors (Lipinski definition) is 2. The molecule has 0 aromatic heterocycles. The van der Waals surface area contributed by atoms with E-state index in [1.165, 1.54) is 7.05 Å². The summed E-state index contributed by atoms with van der Waals surface area (Å²) in [7, 11) is 1.35. The number of nitrogens with one attached hydrogen (secondary N) is 1. The molecule has 0 spiro atoms. The van der Waals surface area contributed by atoms with E-state index in [4.69, 9.17) is 0 Å². The summed E-state index contributed by atoms with van der Waals surface area (Å²) in [5.41, 5.74) is -3.36. The molecule has 1 atom stereocenters. The van der Waals surface area contributed by atoms with Crippen molar-refractivity contribution in [2.75, 3.05) is 26.7 Å². The number of halogens is 3. The second kappa shape index (κ2) is 5.18. The number of likely N-dealkylation sites (N-methyl/N-ethyl adjacent to an activating group) is 1. The highest BCUT2D eigenvalue weighted by Crippen LogP contribution is 2.44. The standard InChI is InChI=1S/C13H21F3N2O2/c1-18(9-11(20)4-2-3-5-11)10(19)12(13(14,15)16)6-7-17-8-12/h17,20H,2-9H2,1H3. The summed E-state index contributed by atoms with van der Waals surface area (Å²) in [4.78, 5) is 13.4. The van der Waals surface area contributed by atoms with E-state index in [2.05, 4.69) is 5.32 Å². The zero-order valence-corrected chi connectivity index (χ0v) is 11.6. The quantitative estimate of drug-likeness (QED) is 0.825. The summed E-state index contributed by atoms with van der Waals surface area (Å²) in [5.74, 6) is -0.935. The van der Waals surface area contributed by atoms with Crippen molar-refractivity contribution < 1.29 is 23.1 Å². The highest BCUT2D eigenvalue weighted by molar-refractivity contribution is 5.84. The average Bonchev–Trinajstić information content (AvgIpc) is 2.96. The van der Waals surface area contributed by atoms with Gasteiger partial charge >= 0.3 is 6.18 Å². The minimum absolute atomic E-state index is 0.0241. The SMILES string of the molecule is CN(CC1(O)CCCC1)C(=O)C1(C(F)(F)F)CCNC1. The molecule has 2 N–H and O–H groups in total. The Kier molecular flexibility index (Phi) is 4.03. The number of carbonyl (C=O) groups is 1. The molecule has 1 heterocycles. The molecule has 20 heavy (non-hydrogen) atoms. The van der Waals surface area contributed by atoms with E-state index in [-0.39, 0.29) is 26.1 Å². The van der Waals surface area contributed by atoms with Gasteiger partial charge in [0.25, 0.3) is 0 Å². The van der Waals surface area contributed by atoms with Crippen molar-refractivity contribution in [3.63, 3.8) is 0 Å². The number of aliphatic hydroxyl groups is 1. The Balaban J connectivity index is 2.12. The lowest BCUT2D eigenvalue weighted by Gasteiger charge is -2.36. The van der Waals surface area contributed by atoms with Crippen molar-refractivity contribution in [2.24, 2.45) is 5.41 Å². The van der Waals surface area contributed by atoms with Gasteiger partial charge in [0.2, 0.25) is 5.91 Å². The zero-order chi connectivity index (χ0) is 15.0. The Morgan fingerprint density at radius 3 is 2.35 bits per heavy atom. The van der Waals surface area contributed by atoms with Crippen molar-refractivity contribution in [3.05, 3.63) is 0 Å². The van der Waals surface area contributed by atoms with E-state index < -0.39 is 23.1 Å². The fourth-order valence-electron chi connectivity index (χ4n) is 3.31. The van der Waals surface area contributed by atoms with Crippen LogP contribution in [0.2, 0.25) is 0 Å². The molecule has 4 nitrogen and oxygen atoms in total. The molecule has 7 heteroatoms. The van der Waals surface area contributed by atoms with Crippen LogP contribution in [0, 0.1) is 5.41 Å². The van der Waals surface area contributed by atoms with E-state index in [1.54, 1.807) is 0 Å². The minimum atomic E-state index is -4.57. The zero-order valence-electron chi connectivity index (χ0n) is 11.6. The van der Waals surface area contributed by atoms with Crippen molar-refractivity contribution in [1.82, 2.24) is 10.2 Å². The van der Waals surface area contributed by atoms with Gasteiger partial charge in [0.15, 0.2) is 5.41 Å². The van der Waals surface area contributed by atoms with E-state index in [0.29, 0.717) is 12.8 Å². The van der Waals surface area contributed by atoms with Gasteiger partial charge in [-0.1, -0.05) is 12.8 Å². The van der Waals surface area contributed by atoms with Gasteiger partial charge in [-0.3, -0.25) is 4.79 Å². The van der Waals surface area contributed by atoms with Crippen molar-refractivity contribution >= 4 is 5.91 Å². The van der Waals surface area contributed by atoms with Gasteiger partial charge in [0.05, 0.1) is 5.60 Å². The van der Waals surface area contributed by atoms with Crippen LogP contribution in [0.15, 0.2) is 0 Å². The van der Waals surface area contributed by atoms with Gasteiger partial charge < -0.3 is 15.3 Å². The lowest BCUT2D eigenvalue weighted by molar-refractivity contribution is -0.222. The third-order valence-corrected chi connectivity index (χ3v) is 4.52. The van der Waals surface area contributed by atoms with E-state index in [9.17, 15) is 23.1 Å². The normalized spacial score (nSPS) is 29.6. The Hall–Kier alpha value is -0.820. The van der Waals surface area contributed by atoms with Gasteiger partial charge in [0, 0.05) is 20.1 Å². The molecule has 1 amide bonds. The number of alkyl halides is 3. The van der Waals surface area contributed by atoms with Crippen LogP contribution in [0.25, 0.3) is 0 Å². The summed E-state index contributed by atoms with van der Waals surface area (Å²) in [6.07, 6.45) is -2.02.